The highest BCUT2D eigenvalue weighted by Crippen LogP contribution is 2.46. The van der Waals surface area contributed by atoms with Crippen molar-refractivity contribution in [3.63, 3.8) is 0 Å². The summed E-state index contributed by atoms with van der Waals surface area (Å²) < 4.78 is 44.0. The number of aromatic nitrogens is 2. The molecule has 230 valence electrons. The summed E-state index contributed by atoms with van der Waals surface area (Å²) in [4.78, 5) is 9.01. The molecule has 0 unspecified atom stereocenters. The Labute approximate surface area is 266 Å². The van der Waals surface area contributed by atoms with E-state index in [1.165, 1.54) is 18.6 Å². The number of nitrogens with one attached hydrogen (secondary N) is 1. The number of hydrogen-bond acceptors (Lipinski definition) is 3. The van der Waals surface area contributed by atoms with Crippen LogP contribution in [0.5, 0.6) is 0 Å². The number of alkyl halides is 3. The molecule has 0 saturated carbocycles. The Morgan fingerprint density at radius 1 is 0.932 bits per heavy atom. The summed E-state index contributed by atoms with van der Waals surface area (Å²) in [7, 11) is 0. The van der Waals surface area contributed by atoms with Gasteiger partial charge in [0.25, 0.3) is 0 Å². The fourth-order valence-corrected chi connectivity index (χ4v) is 7.72. The van der Waals surface area contributed by atoms with Crippen molar-refractivity contribution in [2.45, 2.75) is 52.4 Å². The number of rotatable bonds is 5. The molecule has 44 heavy (non-hydrogen) atoms. The van der Waals surface area contributed by atoms with Gasteiger partial charge in [-0.15, -0.1) is 0 Å². The van der Waals surface area contributed by atoms with Crippen molar-refractivity contribution in [1.29, 1.82) is 0 Å². The first-order valence-corrected chi connectivity index (χ1v) is 15.6. The highest BCUT2D eigenvalue weighted by Gasteiger charge is 2.43. The average Bonchev–Trinajstić information content (AvgIpc) is 3.47. The maximum absolute atomic E-state index is 14.1. The number of hydrogen-bond donors (Lipinski definition) is 1. The molecule has 2 aliphatic rings. The van der Waals surface area contributed by atoms with Crippen LogP contribution >= 0.6 is 23.8 Å². The zero-order chi connectivity index (χ0) is 31.3. The quantitative estimate of drug-likeness (QED) is 0.221. The lowest BCUT2D eigenvalue weighted by Crippen LogP contribution is -2.38. The average molecular weight is 638 g/mol. The maximum Gasteiger partial charge on any atom is 0.418 e. The molecule has 4 heterocycles. The third kappa shape index (κ3) is 5.56. The molecule has 2 aliphatic heterocycles. The summed E-state index contributed by atoms with van der Waals surface area (Å²) in [5, 5.41) is 4.59. The van der Waals surface area contributed by atoms with Gasteiger partial charge < -0.3 is 19.7 Å². The molecule has 1 N–H and O–H groups in total. The molecule has 2 aromatic carbocycles. The van der Waals surface area contributed by atoms with Gasteiger partial charge in [0.1, 0.15) is 0 Å². The summed E-state index contributed by atoms with van der Waals surface area (Å²) in [6, 6.07) is 18.6. The van der Waals surface area contributed by atoms with E-state index in [2.05, 4.69) is 35.1 Å². The number of thiocarbonyl (C=S) groups is 1. The molecule has 0 bridgehead atoms. The predicted octanol–water partition coefficient (Wildman–Crippen LogP) is 8.82. The predicted molar refractivity (Wildman–Crippen MR) is 175 cm³/mol. The van der Waals surface area contributed by atoms with Gasteiger partial charge in [-0.05, 0) is 98.4 Å². The summed E-state index contributed by atoms with van der Waals surface area (Å²) in [6.07, 6.45) is -1.57. The van der Waals surface area contributed by atoms with E-state index in [9.17, 15) is 13.2 Å². The smallest absolute Gasteiger partial charge is 0.370 e. The molecule has 2 aromatic heterocycles. The Hall–Kier alpha value is -3.56. The van der Waals surface area contributed by atoms with E-state index < -0.39 is 17.8 Å². The van der Waals surface area contributed by atoms with Crippen LogP contribution in [0.25, 0.3) is 5.69 Å². The molecule has 2 fully saturated rings. The Balaban J connectivity index is 1.46. The van der Waals surface area contributed by atoms with Gasteiger partial charge in [-0.3, -0.25) is 4.98 Å². The first kappa shape index (κ1) is 30.5. The van der Waals surface area contributed by atoms with Gasteiger partial charge >= 0.3 is 6.18 Å². The van der Waals surface area contributed by atoms with Crippen molar-refractivity contribution in [3.8, 4) is 5.69 Å². The van der Waals surface area contributed by atoms with Crippen LogP contribution < -0.4 is 15.1 Å². The van der Waals surface area contributed by atoms with Crippen LogP contribution in [-0.2, 0) is 6.18 Å². The molecule has 4 aromatic rings. The van der Waals surface area contributed by atoms with E-state index >= 15 is 0 Å². The van der Waals surface area contributed by atoms with Crippen molar-refractivity contribution in [3.05, 3.63) is 106 Å². The third-order valence-corrected chi connectivity index (χ3v) is 9.37. The molecular weight excluding hydrogens is 603 g/mol. The molecule has 4 atom stereocenters. The van der Waals surface area contributed by atoms with Crippen molar-refractivity contribution in [2.75, 3.05) is 22.9 Å². The van der Waals surface area contributed by atoms with E-state index in [0.29, 0.717) is 33.4 Å². The van der Waals surface area contributed by atoms with Crippen LogP contribution in [0.15, 0.2) is 72.9 Å². The number of pyridine rings is 1. The Morgan fingerprint density at radius 3 is 2.30 bits per heavy atom. The van der Waals surface area contributed by atoms with E-state index in [4.69, 9.17) is 23.8 Å². The van der Waals surface area contributed by atoms with Gasteiger partial charge in [-0.2, -0.15) is 13.2 Å². The van der Waals surface area contributed by atoms with Gasteiger partial charge in [0, 0.05) is 36.4 Å². The molecule has 0 amide bonds. The largest absolute Gasteiger partial charge is 0.418 e. The Kier molecular flexibility index (Phi) is 8.13. The number of halogens is 4. The van der Waals surface area contributed by atoms with Gasteiger partial charge in [0.05, 0.1) is 39.7 Å². The second-order valence-corrected chi connectivity index (χ2v) is 13.0. The molecule has 6 rings (SSSR count). The zero-order valence-electron chi connectivity index (χ0n) is 25.1. The van der Waals surface area contributed by atoms with Crippen LogP contribution in [-0.4, -0.2) is 27.8 Å². The monoisotopic (exact) mass is 637 g/mol. The summed E-state index contributed by atoms with van der Waals surface area (Å²) in [6.45, 7) is 10.1. The van der Waals surface area contributed by atoms with Crippen molar-refractivity contribution < 1.29 is 13.2 Å². The second-order valence-electron chi connectivity index (χ2n) is 12.2. The third-order valence-electron chi connectivity index (χ3n) is 8.76. The summed E-state index contributed by atoms with van der Waals surface area (Å²) >= 11 is 12.9. The Bertz CT molecular complexity index is 1680. The normalized spacial score (nSPS) is 22.4. The van der Waals surface area contributed by atoms with Crippen LogP contribution in [0, 0.1) is 25.7 Å². The number of benzene rings is 2. The maximum atomic E-state index is 14.1. The van der Waals surface area contributed by atoms with Crippen molar-refractivity contribution in [1.82, 2.24) is 14.9 Å². The fourth-order valence-electron chi connectivity index (χ4n) is 7.08. The van der Waals surface area contributed by atoms with Crippen LogP contribution in [0.1, 0.15) is 60.6 Å². The van der Waals surface area contributed by atoms with E-state index in [1.807, 2.05) is 55.1 Å². The van der Waals surface area contributed by atoms with E-state index in [1.54, 1.807) is 16.8 Å². The van der Waals surface area contributed by atoms with Crippen molar-refractivity contribution >= 4 is 40.3 Å². The molecular formula is C34H35ClF3N5S. The number of para-hydroxylation sites is 1. The number of anilines is 2. The summed E-state index contributed by atoms with van der Waals surface area (Å²) in [5.41, 5.74) is 4.21. The van der Waals surface area contributed by atoms with Crippen LogP contribution in [0.3, 0.4) is 0 Å². The van der Waals surface area contributed by atoms with Crippen LogP contribution in [0.2, 0.25) is 5.02 Å². The topological polar surface area (TPSA) is 36.3 Å². The minimum atomic E-state index is -4.50. The highest BCUT2D eigenvalue weighted by atomic mass is 35.5. The SMILES string of the molecule is Cc1cc([C@@H]2[C@H](c3ccccn3)NC(=S)N2c2ccc(N3C[C@H](C)C[C@H](C)C3)c(Cl)c2)c(C)n1-c1ccccc1C(F)(F)F. The lowest BCUT2D eigenvalue weighted by Gasteiger charge is -2.37. The molecule has 0 aliphatic carbocycles. The highest BCUT2D eigenvalue weighted by molar-refractivity contribution is 7.80. The number of nitrogens with zero attached hydrogens (tertiary/aromatic N) is 4. The second kappa shape index (κ2) is 11.7. The molecule has 0 spiro atoms. The minimum absolute atomic E-state index is 0.0908. The number of aryl methyl sites for hydroxylation is 1. The molecule has 0 radical (unpaired) electrons. The van der Waals surface area contributed by atoms with Gasteiger partial charge in [-0.25, -0.2) is 0 Å². The van der Waals surface area contributed by atoms with Crippen LogP contribution in [0.4, 0.5) is 24.5 Å². The molecule has 2 saturated heterocycles. The number of piperidine rings is 1. The Morgan fingerprint density at radius 2 is 1.64 bits per heavy atom. The zero-order valence-corrected chi connectivity index (χ0v) is 26.6. The van der Waals surface area contributed by atoms with Gasteiger partial charge in [0.15, 0.2) is 5.11 Å². The van der Waals surface area contributed by atoms with Gasteiger partial charge in [0.2, 0.25) is 0 Å². The first-order chi connectivity index (χ1) is 20.9. The lowest BCUT2D eigenvalue weighted by atomic mass is 9.91. The first-order valence-electron chi connectivity index (χ1n) is 14.8. The molecule has 10 heteroatoms. The lowest BCUT2D eigenvalue weighted by molar-refractivity contribution is -0.137. The van der Waals surface area contributed by atoms with Crippen molar-refractivity contribution in [2.24, 2.45) is 11.8 Å². The molecule has 5 nitrogen and oxygen atoms in total. The standard InChI is InChI=1S/C34H35ClF3N5S/c1-20-15-21(2)19-41(18-20)30-13-12-24(17-27(30)35)43-32(31(40-33(43)44)28-10-7-8-14-39-28)25-16-22(3)42(23(25)4)29-11-6-5-9-26(29)34(36,37)38/h5-14,16-17,20-21,31-32H,15,18-19H2,1-4H3,(H,40,44)/t20-,21+,31-,32+/m0/s1. The fraction of sp³-hybridized carbons (Fsp3) is 0.353. The summed E-state index contributed by atoms with van der Waals surface area (Å²) in [5.74, 6) is 1.15. The minimum Gasteiger partial charge on any atom is -0.370 e. The van der Waals surface area contributed by atoms with E-state index in [-0.39, 0.29) is 11.7 Å². The van der Waals surface area contributed by atoms with E-state index in [0.717, 1.165) is 41.8 Å². The van der Waals surface area contributed by atoms with Gasteiger partial charge in [-0.1, -0.05) is 43.6 Å².